The molecule has 0 aliphatic carbocycles. The van der Waals surface area contributed by atoms with Gasteiger partial charge in [-0.15, -0.1) is 0 Å². The van der Waals surface area contributed by atoms with E-state index in [1.54, 1.807) is 42.5 Å². The van der Waals surface area contributed by atoms with E-state index in [0.717, 1.165) is 6.42 Å². The first-order valence-electron chi connectivity index (χ1n) is 12.8. The number of benzene rings is 3. The van der Waals surface area contributed by atoms with Crippen LogP contribution in [0.5, 0.6) is 17.2 Å². The fourth-order valence-corrected chi connectivity index (χ4v) is 4.33. The number of Topliss-reactive ketones (excluding diaryl/α,β-unsaturated/α-hetero) is 1. The van der Waals surface area contributed by atoms with Crippen molar-refractivity contribution in [1.29, 1.82) is 0 Å². The summed E-state index contributed by atoms with van der Waals surface area (Å²) in [6.07, 6.45) is 0.806. The van der Waals surface area contributed by atoms with Crippen LogP contribution in [0.2, 0.25) is 0 Å². The Balaban J connectivity index is 1.76. The number of amides is 1. The first-order chi connectivity index (χ1) is 18.4. The molecule has 1 amide bonds. The Morgan fingerprint density at radius 3 is 2.34 bits per heavy atom. The third-order valence-corrected chi connectivity index (χ3v) is 6.06. The number of aliphatic hydroxyl groups excluding tert-OH is 1. The molecule has 1 saturated heterocycles. The quantitative estimate of drug-likeness (QED) is 0.188. The third kappa shape index (κ3) is 6.23. The molecule has 0 bridgehead atoms. The molecule has 0 aromatic heterocycles. The normalized spacial score (nSPS) is 16.7. The second-order valence-electron chi connectivity index (χ2n) is 9.28. The maximum Gasteiger partial charge on any atom is 0.295 e. The lowest BCUT2D eigenvalue weighted by Gasteiger charge is -2.26. The van der Waals surface area contributed by atoms with E-state index in [2.05, 4.69) is 0 Å². The predicted octanol–water partition coefficient (Wildman–Crippen LogP) is 6.11. The summed E-state index contributed by atoms with van der Waals surface area (Å²) in [7, 11) is 0. The number of carbonyl (C=O) groups excluding carboxylic acids is 2. The van der Waals surface area contributed by atoms with Crippen molar-refractivity contribution in [3.05, 3.63) is 95.6 Å². The molecule has 0 saturated carbocycles. The molecule has 1 atom stereocenters. The van der Waals surface area contributed by atoms with Crippen molar-refractivity contribution in [1.82, 2.24) is 4.90 Å². The zero-order chi connectivity index (χ0) is 27.1. The predicted molar refractivity (Wildman–Crippen MR) is 145 cm³/mol. The molecule has 3 aromatic carbocycles. The summed E-state index contributed by atoms with van der Waals surface area (Å²) in [6.45, 7) is 6.78. The van der Waals surface area contributed by atoms with E-state index in [1.807, 2.05) is 57.2 Å². The van der Waals surface area contributed by atoms with Crippen LogP contribution >= 0.6 is 0 Å². The molecular weight excluding hydrogens is 482 g/mol. The Kier molecular flexibility index (Phi) is 8.81. The van der Waals surface area contributed by atoms with Gasteiger partial charge < -0.3 is 24.2 Å². The molecule has 1 aliphatic rings. The van der Waals surface area contributed by atoms with Crippen LogP contribution in [0.15, 0.2) is 84.4 Å². The number of ether oxygens (including phenoxy) is 3. The van der Waals surface area contributed by atoms with Crippen molar-refractivity contribution in [3.63, 3.8) is 0 Å². The summed E-state index contributed by atoms with van der Waals surface area (Å²) < 4.78 is 17.4. The molecular formula is C31H33NO6. The highest BCUT2D eigenvalue weighted by atomic mass is 16.5. The summed E-state index contributed by atoms with van der Waals surface area (Å²) >= 11 is 0. The van der Waals surface area contributed by atoms with Crippen molar-refractivity contribution < 1.29 is 28.9 Å². The number of para-hydroxylation sites is 1. The lowest BCUT2D eigenvalue weighted by atomic mass is 9.95. The highest BCUT2D eigenvalue weighted by Gasteiger charge is 2.46. The van der Waals surface area contributed by atoms with Gasteiger partial charge in [0, 0.05) is 12.1 Å². The maximum absolute atomic E-state index is 13.3. The van der Waals surface area contributed by atoms with E-state index in [-0.39, 0.29) is 30.6 Å². The van der Waals surface area contributed by atoms with Gasteiger partial charge in [0.1, 0.15) is 23.0 Å². The zero-order valence-corrected chi connectivity index (χ0v) is 21.9. The molecule has 1 fully saturated rings. The number of hydrogen-bond donors (Lipinski definition) is 1. The van der Waals surface area contributed by atoms with Crippen molar-refractivity contribution in [3.8, 4) is 17.2 Å². The van der Waals surface area contributed by atoms with E-state index in [0.29, 0.717) is 35.0 Å². The third-order valence-electron chi connectivity index (χ3n) is 6.06. The molecule has 1 aliphatic heterocycles. The summed E-state index contributed by atoms with van der Waals surface area (Å²) in [6, 6.07) is 22.6. The largest absolute Gasteiger partial charge is 0.507 e. The summed E-state index contributed by atoms with van der Waals surface area (Å²) in [5.74, 6) is 0.103. The van der Waals surface area contributed by atoms with Crippen molar-refractivity contribution >= 4 is 17.4 Å². The minimum absolute atomic E-state index is 0.0176. The Morgan fingerprint density at radius 2 is 1.61 bits per heavy atom. The van der Waals surface area contributed by atoms with Crippen LogP contribution in [0.3, 0.4) is 0 Å². The van der Waals surface area contributed by atoms with Crippen LogP contribution in [-0.4, -0.2) is 47.6 Å². The van der Waals surface area contributed by atoms with Gasteiger partial charge in [0.2, 0.25) is 0 Å². The van der Waals surface area contributed by atoms with Gasteiger partial charge in [0.25, 0.3) is 11.7 Å². The molecule has 3 aromatic rings. The molecule has 4 rings (SSSR count). The summed E-state index contributed by atoms with van der Waals surface area (Å²) in [5.41, 5.74) is 1.06. The highest BCUT2D eigenvalue weighted by molar-refractivity contribution is 6.46. The Labute approximate surface area is 223 Å². The molecule has 1 unspecified atom stereocenters. The first kappa shape index (κ1) is 26.9. The molecule has 198 valence electrons. The van der Waals surface area contributed by atoms with E-state index in [1.165, 1.54) is 4.90 Å². The second-order valence-corrected chi connectivity index (χ2v) is 9.28. The molecule has 0 radical (unpaired) electrons. The van der Waals surface area contributed by atoms with Gasteiger partial charge in [-0.1, -0.05) is 49.4 Å². The molecule has 0 spiro atoms. The molecule has 1 heterocycles. The average molecular weight is 516 g/mol. The lowest BCUT2D eigenvalue weighted by molar-refractivity contribution is -0.140. The molecule has 7 heteroatoms. The number of nitrogens with zero attached hydrogens (tertiary/aromatic N) is 1. The van der Waals surface area contributed by atoms with E-state index < -0.39 is 17.7 Å². The van der Waals surface area contributed by atoms with Crippen molar-refractivity contribution in [2.75, 3.05) is 19.8 Å². The van der Waals surface area contributed by atoms with Crippen molar-refractivity contribution in [2.45, 2.75) is 39.3 Å². The SMILES string of the molecule is CCCOc1cccc(/C(O)=C2/C(=O)C(=O)N(CCOC(C)C)C2c2cccc(Oc3ccccc3)c2)c1. The molecule has 38 heavy (non-hydrogen) atoms. The fraction of sp³-hybridized carbons (Fsp3) is 0.290. The van der Waals surface area contributed by atoms with Crippen LogP contribution in [0.1, 0.15) is 44.4 Å². The van der Waals surface area contributed by atoms with Gasteiger partial charge in [-0.25, -0.2) is 0 Å². The highest BCUT2D eigenvalue weighted by Crippen LogP contribution is 2.40. The number of aliphatic hydroxyl groups is 1. The number of ketones is 1. The first-order valence-corrected chi connectivity index (χ1v) is 12.8. The Hall–Kier alpha value is -4.10. The standard InChI is InChI=1S/C31H33NO6/c1-4-17-37-25-14-9-11-23(20-25)29(33)27-28(32(31(35)30(27)34)16-18-36-21(2)3)22-10-8-15-26(19-22)38-24-12-6-5-7-13-24/h5-15,19-21,28,33H,4,16-18H2,1-3H3/b29-27-. The van der Waals surface area contributed by atoms with Crippen LogP contribution in [0.4, 0.5) is 0 Å². The number of rotatable bonds is 11. The smallest absolute Gasteiger partial charge is 0.295 e. The summed E-state index contributed by atoms with van der Waals surface area (Å²) in [5, 5.41) is 11.4. The summed E-state index contributed by atoms with van der Waals surface area (Å²) in [4.78, 5) is 28.0. The average Bonchev–Trinajstić information content (AvgIpc) is 3.17. The minimum atomic E-state index is -0.815. The molecule has 7 nitrogen and oxygen atoms in total. The minimum Gasteiger partial charge on any atom is -0.507 e. The van der Waals surface area contributed by atoms with E-state index in [9.17, 15) is 14.7 Å². The number of carbonyl (C=O) groups is 2. The van der Waals surface area contributed by atoms with Gasteiger partial charge in [-0.05, 0) is 62.2 Å². The van der Waals surface area contributed by atoms with E-state index >= 15 is 0 Å². The van der Waals surface area contributed by atoms with Crippen LogP contribution < -0.4 is 9.47 Å². The van der Waals surface area contributed by atoms with Gasteiger partial charge in [0.15, 0.2) is 0 Å². The van der Waals surface area contributed by atoms with Crippen LogP contribution in [0, 0.1) is 0 Å². The van der Waals surface area contributed by atoms with Crippen molar-refractivity contribution in [2.24, 2.45) is 0 Å². The Morgan fingerprint density at radius 1 is 0.895 bits per heavy atom. The van der Waals surface area contributed by atoms with Crippen LogP contribution in [0.25, 0.3) is 5.76 Å². The van der Waals surface area contributed by atoms with Gasteiger partial charge in [-0.2, -0.15) is 0 Å². The Bertz CT molecular complexity index is 1300. The number of likely N-dealkylation sites (tertiary alicyclic amines) is 1. The lowest BCUT2D eigenvalue weighted by Crippen LogP contribution is -2.33. The zero-order valence-electron chi connectivity index (χ0n) is 21.9. The van der Waals surface area contributed by atoms with Gasteiger partial charge >= 0.3 is 0 Å². The number of hydrogen-bond acceptors (Lipinski definition) is 6. The van der Waals surface area contributed by atoms with Gasteiger partial charge in [-0.3, -0.25) is 9.59 Å². The monoisotopic (exact) mass is 515 g/mol. The maximum atomic E-state index is 13.3. The second kappa shape index (κ2) is 12.4. The topological polar surface area (TPSA) is 85.3 Å². The van der Waals surface area contributed by atoms with Gasteiger partial charge in [0.05, 0.1) is 30.9 Å². The fourth-order valence-electron chi connectivity index (χ4n) is 4.33. The molecule has 1 N–H and O–H groups in total. The van der Waals surface area contributed by atoms with E-state index in [4.69, 9.17) is 14.2 Å². The van der Waals surface area contributed by atoms with Crippen LogP contribution in [-0.2, 0) is 14.3 Å².